The van der Waals surface area contributed by atoms with Crippen molar-refractivity contribution in [1.29, 1.82) is 0 Å². The standard InChI is InChI=1S/C10H6F2O/c1-2-9(13)5-7-3-4-8(11)6-10(7)12/h1,3-4,6H,5H2. The van der Waals surface area contributed by atoms with Crippen molar-refractivity contribution in [3.63, 3.8) is 0 Å². The van der Waals surface area contributed by atoms with Gasteiger partial charge in [0.15, 0.2) is 0 Å². The van der Waals surface area contributed by atoms with Crippen molar-refractivity contribution >= 4 is 5.78 Å². The molecule has 0 aromatic heterocycles. The number of carbonyl (C=O) groups excluding carboxylic acids is 1. The lowest BCUT2D eigenvalue weighted by atomic mass is 10.1. The van der Waals surface area contributed by atoms with E-state index in [1.54, 1.807) is 0 Å². The highest BCUT2D eigenvalue weighted by Gasteiger charge is 2.06. The molecule has 0 aliphatic heterocycles. The van der Waals surface area contributed by atoms with Crippen molar-refractivity contribution in [2.24, 2.45) is 0 Å². The van der Waals surface area contributed by atoms with Crippen LogP contribution in [-0.4, -0.2) is 5.78 Å². The molecule has 1 rings (SSSR count). The van der Waals surface area contributed by atoms with Crippen LogP contribution in [0.1, 0.15) is 5.56 Å². The molecular formula is C10H6F2O. The zero-order valence-corrected chi connectivity index (χ0v) is 6.68. The predicted molar refractivity (Wildman–Crippen MR) is 43.9 cm³/mol. The summed E-state index contributed by atoms with van der Waals surface area (Å²) in [4.78, 5) is 10.7. The zero-order valence-electron chi connectivity index (χ0n) is 6.68. The Morgan fingerprint density at radius 2 is 2.15 bits per heavy atom. The van der Waals surface area contributed by atoms with Gasteiger partial charge in [0.1, 0.15) is 11.6 Å². The first-order valence-electron chi connectivity index (χ1n) is 3.57. The van der Waals surface area contributed by atoms with E-state index in [1.807, 2.05) is 5.92 Å². The predicted octanol–water partition coefficient (Wildman–Crippen LogP) is 1.71. The average Bonchev–Trinajstić information content (AvgIpc) is 2.09. The number of ketones is 1. The second kappa shape index (κ2) is 3.81. The number of rotatable bonds is 2. The molecule has 0 radical (unpaired) electrons. The summed E-state index contributed by atoms with van der Waals surface area (Å²) in [6, 6.07) is 3.02. The number of hydrogen-bond acceptors (Lipinski definition) is 1. The fourth-order valence-corrected chi connectivity index (χ4v) is 0.889. The highest BCUT2D eigenvalue weighted by Crippen LogP contribution is 2.10. The van der Waals surface area contributed by atoms with Gasteiger partial charge in [-0.25, -0.2) is 8.78 Å². The number of terminal acetylenes is 1. The second-order valence-electron chi connectivity index (χ2n) is 2.48. The molecule has 13 heavy (non-hydrogen) atoms. The first kappa shape index (κ1) is 9.40. The topological polar surface area (TPSA) is 17.1 Å². The highest BCUT2D eigenvalue weighted by molar-refractivity contribution is 5.96. The molecule has 1 nitrogen and oxygen atoms in total. The summed E-state index contributed by atoms with van der Waals surface area (Å²) in [5.74, 6) is -0.0853. The molecule has 0 amide bonds. The van der Waals surface area contributed by atoms with Gasteiger partial charge in [0.05, 0.1) is 0 Å². The van der Waals surface area contributed by atoms with Crippen LogP contribution in [0, 0.1) is 24.0 Å². The third kappa shape index (κ3) is 2.38. The van der Waals surface area contributed by atoms with Gasteiger partial charge in [-0.15, -0.1) is 6.42 Å². The van der Waals surface area contributed by atoms with Crippen LogP contribution in [0.4, 0.5) is 8.78 Å². The molecule has 0 spiro atoms. The minimum atomic E-state index is -0.747. The summed E-state index contributed by atoms with van der Waals surface area (Å²) < 4.78 is 25.3. The van der Waals surface area contributed by atoms with E-state index in [1.165, 1.54) is 6.07 Å². The smallest absolute Gasteiger partial charge is 0.209 e. The Balaban J connectivity index is 2.91. The molecule has 0 bridgehead atoms. The Morgan fingerprint density at radius 3 is 2.69 bits per heavy atom. The molecule has 0 fully saturated rings. The van der Waals surface area contributed by atoms with Crippen molar-refractivity contribution in [1.82, 2.24) is 0 Å². The maximum absolute atomic E-state index is 12.9. The summed E-state index contributed by atoms with van der Waals surface area (Å²) in [7, 11) is 0. The number of halogens is 2. The molecule has 0 heterocycles. The molecule has 0 atom stereocenters. The van der Waals surface area contributed by atoms with Crippen molar-refractivity contribution in [3.05, 3.63) is 35.4 Å². The summed E-state index contributed by atoms with van der Waals surface area (Å²) in [6.45, 7) is 0. The minimum Gasteiger partial charge on any atom is -0.285 e. The lowest BCUT2D eigenvalue weighted by Crippen LogP contribution is -2.01. The Hall–Kier alpha value is -1.69. The van der Waals surface area contributed by atoms with Gasteiger partial charge >= 0.3 is 0 Å². The number of hydrogen-bond donors (Lipinski definition) is 0. The summed E-state index contributed by atoms with van der Waals surface area (Å²) in [6.07, 6.45) is 4.61. The summed E-state index contributed by atoms with van der Waals surface area (Å²) in [5.41, 5.74) is 0.115. The van der Waals surface area contributed by atoms with Gasteiger partial charge in [0, 0.05) is 12.5 Å². The van der Waals surface area contributed by atoms with Gasteiger partial charge in [-0.2, -0.15) is 0 Å². The lowest BCUT2D eigenvalue weighted by Gasteiger charge is -1.98. The highest BCUT2D eigenvalue weighted by atomic mass is 19.1. The van der Waals surface area contributed by atoms with E-state index in [9.17, 15) is 13.6 Å². The molecule has 66 valence electrons. The molecule has 0 N–H and O–H groups in total. The van der Waals surface area contributed by atoms with Crippen LogP contribution < -0.4 is 0 Å². The molecule has 3 heteroatoms. The fourth-order valence-electron chi connectivity index (χ4n) is 0.889. The first-order valence-corrected chi connectivity index (χ1v) is 3.57. The van der Waals surface area contributed by atoms with Crippen LogP contribution in [0.2, 0.25) is 0 Å². The van der Waals surface area contributed by atoms with Gasteiger partial charge in [-0.3, -0.25) is 4.79 Å². The minimum absolute atomic E-state index is 0.115. The molecule has 1 aromatic rings. The van der Waals surface area contributed by atoms with Gasteiger partial charge in [0.2, 0.25) is 5.78 Å². The average molecular weight is 180 g/mol. The maximum Gasteiger partial charge on any atom is 0.209 e. The van der Waals surface area contributed by atoms with E-state index in [-0.39, 0.29) is 12.0 Å². The van der Waals surface area contributed by atoms with Crippen LogP contribution >= 0.6 is 0 Å². The van der Waals surface area contributed by atoms with E-state index in [0.717, 1.165) is 12.1 Å². The Bertz CT molecular complexity index is 377. The Morgan fingerprint density at radius 1 is 1.46 bits per heavy atom. The molecule has 0 aliphatic rings. The van der Waals surface area contributed by atoms with Gasteiger partial charge in [-0.05, 0) is 17.6 Å². The SMILES string of the molecule is C#CC(=O)Cc1ccc(F)cc1F. The van der Waals surface area contributed by atoms with Crippen LogP contribution in [0.15, 0.2) is 18.2 Å². The largest absolute Gasteiger partial charge is 0.285 e. The van der Waals surface area contributed by atoms with Crippen molar-refractivity contribution in [2.45, 2.75) is 6.42 Å². The first-order chi connectivity index (χ1) is 6.13. The van der Waals surface area contributed by atoms with E-state index in [4.69, 9.17) is 6.42 Å². The molecule has 0 unspecified atom stereocenters. The third-order valence-electron chi connectivity index (χ3n) is 1.53. The van der Waals surface area contributed by atoms with Crippen LogP contribution in [-0.2, 0) is 11.2 Å². The monoisotopic (exact) mass is 180 g/mol. The quantitative estimate of drug-likeness (QED) is 0.500. The van der Waals surface area contributed by atoms with Crippen molar-refractivity contribution < 1.29 is 13.6 Å². The Labute approximate surface area is 74.4 Å². The van der Waals surface area contributed by atoms with E-state index in [2.05, 4.69) is 0 Å². The maximum atomic E-state index is 12.9. The Kier molecular flexibility index (Phi) is 2.76. The summed E-state index contributed by atoms with van der Waals surface area (Å²) >= 11 is 0. The van der Waals surface area contributed by atoms with E-state index < -0.39 is 17.4 Å². The molecule has 0 saturated heterocycles. The van der Waals surface area contributed by atoms with Crippen molar-refractivity contribution in [2.75, 3.05) is 0 Å². The molecule has 0 aliphatic carbocycles. The second-order valence-corrected chi connectivity index (χ2v) is 2.48. The van der Waals surface area contributed by atoms with Crippen molar-refractivity contribution in [3.8, 4) is 12.3 Å². The van der Waals surface area contributed by atoms with Gasteiger partial charge in [0.25, 0.3) is 0 Å². The van der Waals surface area contributed by atoms with E-state index in [0.29, 0.717) is 0 Å². The zero-order chi connectivity index (χ0) is 9.84. The molecular weight excluding hydrogens is 174 g/mol. The third-order valence-corrected chi connectivity index (χ3v) is 1.53. The molecule has 1 aromatic carbocycles. The number of carbonyl (C=O) groups is 1. The van der Waals surface area contributed by atoms with Crippen LogP contribution in [0.25, 0.3) is 0 Å². The fraction of sp³-hybridized carbons (Fsp3) is 0.100. The number of benzene rings is 1. The summed E-state index contributed by atoms with van der Waals surface area (Å²) in [5, 5.41) is 0. The van der Waals surface area contributed by atoms with E-state index >= 15 is 0 Å². The number of Topliss-reactive ketones (excluding diaryl/α,β-unsaturated/α-hetero) is 1. The lowest BCUT2D eigenvalue weighted by molar-refractivity contribution is -0.113. The van der Waals surface area contributed by atoms with Gasteiger partial charge < -0.3 is 0 Å². The normalized spacial score (nSPS) is 9.31. The van der Waals surface area contributed by atoms with Crippen LogP contribution in [0.3, 0.4) is 0 Å². The van der Waals surface area contributed by atoms with Gasteiger partial charge in [-0.1, -0.05) is 6.07 Å². The van der Waals surface area contributed by atoms with Crippen LogP contribution in [0.5, 0.6) is 0 Å². The molecule has 0 saturated carbocycles.